The van der Waals surface area contributed by atoms with Crippen LogP contribution in [0.2, 0.25) is 5.02 Å². The maximum atomic E-state index is 10.00. The van der Waals surface area contributed by atoms with Gasteiger partial charge < -0.3 is 10.4 Å². The molecule has 96 valence electrons. The Labute approximate surface area is 115 Å². The van der Waals surface area contributed by atoms with Gasteiger partial charge in [-0.3, -0.25) is 0 Å². The van der Waals surface area contributed by atoms with Gasteiger partial charge in [-0.1, -0.05) is 23.7 Å². The molecule has 0 saturated carbocycles. The lowest BCUT2D eigenvalue weighted by atomic mass is 10.1. The molecule has 2 N–H and O–H groups in total. The van der Waals surface area contributed by atoms with Gasteiger partial charge in [-0.25, -0.2) is 9.97 Å². The zero-order chi connectivity index (χ0) is 13.7. The molecule has 0 aliphatic rings. The fraction of sp³-hybridized carbons (Fsp3) is 0.154. The Morgan fingerprint density at radius 2 is 1.95 bits per heavy atom. The van der Waals surface area contributed by atoms with Crippen LogP contribution in [0.1, 0.15) is 17.4 Å². The Morgan fingerprint density at radius 3 is 2.63 bits per heavy atom. The predicted molar refractivity (Wildman–Crippen MR) is 71.6 cm³/mol. The molecule has 0 fully saturated rings. The van der Waals surface area contributed by atoms with Gasteiger partial charge in [0.1, 0.15) is 6.07 Å². The molecule has 0 saturated heterocycles. The van der Waals surface area contributed by atoms with Crippen LogP contribution >= 0.6 is 11.6 Å². The van der Waals surface area contributed by atoms with E-state index in [0.717, 1.165) is 5.56 Å². The maximum Gasteiger partial charge on any atom is 0.182 e. The number of halogens is 1. The van der Waals surface area contributed by atoms with Crippen molar-refractivity contribution in [2.24, 2.45) is 0 Å². The molecule has 6 heteroatoms. The molecule has 19 heavy (non-hydrogen) atoms. The molecular weight excluding hydrogens is 264 g/mol. The molecule has 5 nitrogen and oxygen atoms in total. The molecule has 0 aliphatic carbocycles. The summed E-state index contributed by atoms with van der Waals surface area (Å²) in [6.07, 6.45) is 2.21. The molecule has 0 bridgehead atoms. The first-order valence-corrected chi connectivity index (χ1v) is 5.97. The number of aliphatic hydroxyl groups is 1. The zero-order valence-corrected chi connectivity index (χ0v) is 10.7. The van der Waals surface area contributed by atoms with Crippen molar-refractivity contribution in [2.75, 3.05) is 11.9 Å². The molecule has 1 atom stereocenters. The van der Waals surface area contributed by atoms with Crippen LogP contribution in [0.5, 0.6) is 0 Å². The topological polar surface area (TPSA) is 81.8 Å². The van der Waals surface area contributed by atoms with E-state index < -0.39 is 6.10 Å². The normalized spacial score (nSPS) is 11.6. The van der Waals surface area contributed by atoms with E-state index in [1.54, 1.807) is 24.3 Å². The second kappa shape index (κ2) is 6.14. The van der Waals surface area contributed by atoms with Gasteiger partial charge in [0.2, 0.25) is 0 Å². The molecular formula is C13H11ClN4O. The molecule has 2 rings (SSSR count). The van der Waals surface area contributed by atoms with Gasteiger partial charge in [-0.15, -0.1) is 0 Å². The van der Waals surface area contributed by atoms with Crippen LogP contribution in [0.25, 0.3) is 0 Å². The van der Waals surface area contributed by atoms with Gasteiger partial charge >= 0.3 is 0 Å². The van der Waals surface area contributed by atoms with E-state index in [-0.39, 0.29) is 12.2 Å². The van der Waals surface area contributed by atoms with Gasteiger partial charge in [0.15, 0.2) is 11.5 Å². The van der Waals surface area contributed by atoms with Crippen molar-refractivity contribution in [3.8, 4) is 6.07 Å². The molecule has 1 aromatic carbocycles. The van der Waals surface area contributed by atoms with Crippen molar-refractivity contribution in [2.45, 2.75) is 6.10 Å². The molecule has 0 radical (unpaired) electrons. The van der Waals surface area contributed by atoms with Crippen LogP contribution in [0.3, 0.4) is 0 Å². The quantitative estimate of drug-likeness (QED) is 0.893. The summed E-state index contributed by atoms with van der Waals surface area (Å²) in [5.41, 5.74) is 0.935. The first-order valence-electron chi connectivity index (χ1n) is 5.59. The van der Waals surface area contributed by atoms with Crippen molar-refractivity contribution < 1.29 is 5.11 Å². The van der Waals surface area contributed by atoms with Gasteiger partial charge in [0.25, 0.3) is 0 Å². The number of nitrogens with zero attached hydrogens (tertiary/aromatic N) is 3. The summed E-state index contributed by atoms with van der Waals surface area (Å²) in [4.78, 5) is 7.88. The number of hydrogen-bond donors (Lipinski definition) is 2. The van der Waals surface area contributed by atoms with Gasteiger partial charge in [-0.05, 0) is 17.7 Å². The minimum Gasteiger partial charge on any atom is -0.387 e. The van der Waals surface area contributed by atoms with Crippen LogP contribution in [0, 0.1) is 11.3 Å². The number of aromatic nitrogens is 2. The van der Waals surface area contributed by atoms with E-state index in [2.05, 4.69) is 15.3 Å². The average Bonchev–Trinajstić information content (AvgIpc) is 2.45. The second-order valence-corrected chi connectivity index (χ2v) is 4.25. The summed E-state index contributed by atoms with van der Waals surface area (Å²) in [7, 11) is 0. The summed E-state index contributed by atoms with van der Waals surface area (Å²) in [6, 6.07) is 8.85. The molecule has 2 aromatic rings. The van der Waals surface area contributed by atoms with E-state index in [0.29, 0.717) is 10.8 Å². The van der Waals surface area contributed by atoms with Crippen molar-refractivity contribution in [1.29, 1.82) is 5.26 Å². The highest BCUT2D eigenvalue weighted by atomic mass is 35.5. The summed E-state index contributed by atoms with van der Waals surface area (Å²) in [6.45, 7) is 0.231. The highest BCUT2D eigenvalue weighted by Crippen LogP contribution is 2.17. The first-order chi connectivity index (χ1) is 9.20. The average molecular weight is 275 g/mol. The van der Waals surface area contributed by atoms with E-state index in [4.69, 9.17) is 16.9 Å². The van der Waals surface area contributed by atoms with Gasteiger partial charge in [0.05, 0.1) is 6.10 Å². The highest BCUT2D eigenvalue weighted by molar-refractivity contribution is 6.30. The SMILES string of the molecule is N#Cc1nccnc1NCC(O)c1ccc(Cl)cc1. The Kier molecular flexibility index (Phi) is 4.29. The fourth-order valence-electron chi connectivity index (χ4n) is 1.55. The standard InChI is InChI=1S/C13H11ClN4O/c14-10-3-1-9(2-4-10)12(19)8-18-13-11(7-15)16-5-6-17-13/h1-6,12,19H,8H2,(H,17,18). The lowest BCUT2D eigenvalue weighted by molar-refractivity contribution is 0.191. The minimum absolute atomic E-state index is 0.200. The van der Waals surface area contributed by atoms with Crippen molar-refractivity contribution in [3.63, 3.8) is 0 Å². The number of rotatable bonds is 4. The van der Waals surface area contributed by atoms with E-state index >= 15 is 0 Å². The Morgan fingerprint density at radius 1 is 1.26 bits per heavy atom. The summed E-state index contributed by atoms with van der Waals surface area (Å²) < 4.78 is 0. The van der Waals surface area contributed by atoms with E-state index in [9.17, 15) is 5.11 Å². The molecule has 1 aromatic heterocycles. The van der Waals surface area contributed by atoms with Crippen molar-refractivity contribution >= 4 is 17.4 Å². The number of nitrogens with one attached hydrogen (secondary N) is 1. The summed E-state index contributed by atoms with van der Waals surface area (Å²) in [5, 5.41) is 22.4. The lowest BCUT2D eigenvalue weighted by Crippen LogP contribution is -2.14. The van der Waals surface area contributed by atoms with Gasteiger partial charge in [-0.2, -0.15) is 5.26 Å². The number of benzene rings is 1. The molecule has 1 heterocycles. The third kappa shape index (κ3) is 3.41. The Bertz CT molecular complexity index is 594. The third-order valence-corrected chi connectivity index (χ3v) is 2.77. The maximum absolute atomic E-state index is 10.00. The Balaban J connectivity index is 2.02. The predicted octanol–water partition coefficient (Wildman–Crippen LogP) is 2.15. The summed E-state index contributed by atoms with van der Waals surface area (Å²) in [5.74, 6) is 0.359. The molecule has 0 spiro atoms. The van der Waals surface area contributed by atoms with Crippen LogP contribution in [0.15, 0.2) is 36.7 Å². The number of nitriles is 1. The van der Waals surface area contributed by atoms with Gasteiger partial charge in [0, 0.05) is 24.0 Å². The van der Waals surface area contributed by atoms with E-state index in [1.165, 1.54) is 12.4 Å². The zero-order valence-electron chi connectivity index (χ0n) is 9.92. The number of hydrogen-bond acceptors (Lipinski definition) is 5. The molecule has 0 amide bonds. The van der Waals surface area contributed by atoms with Crippen LogP contribution in [-0.4, -0.2) is 21.6 Å². The van der Waals surface area contributed by atoms with Crippen molar-refractivity contribution in [3.05, 3.63) is 52.9 Å². The minimum atomic E-state index is -0.717. The first kappa shape index (κ1) is 13.3. The largest absolute Gasteiger partial charge is 0.387 e. The second-order valence-electron chi connectivity index (χ2n) is 3.81. The smallest absolute Gasteiger partial charge is 0.182 e. The molecule has 0 aliphatic heterocycles. The molecule has 1 unspecified atom stereocenters. The number of aliphatic hydroxyl groups excluding tert-OH is 1. The van der Waals surface area contributed by atoms with E-state index in [1.807, 2.05) is 6.07 Å². The third-order valence-electron chi connectivity index (χ3n) is 2.52. The Hall–Kier alpha value is -2.16. The van der Waals surface area contributed by atoms with Crippen LogP contribution in [-0.2, 0) is 0 Å². The number of anilines is 1. The van der Waals surface area contributed by atoms with Crippen LogP contribution < -0.4 is 5.32 Å². The monoisotopic (exact) mass is 274 g/mol. The lowest BCUT2D eigenvalue weighted by Gasteiger charge is -2.13. The highest BCUT2D eigenvalue weighted by Gasteiger charge is 2.09. The fourth-order valence-corrected chi connectivity index (χ4v) is 1.67. The van der Waals surface area contributed by atoms with Crippen LogP contribution in [0.4, 0.5) is 5.82 Å². The summed E-state index contributed by atoms with van der Waals surface area (Å²) >= 11 is 5.78. The van der Waals surface area contributed by atoms with Crippen molar-refractivity contribution in [1.82, 2.24) is 9.97 Å².